The molecule has 1 saturated heterocycles. The molecule has 4 heteroatoms. The van der Waals surface area contributed by atoms with Crippen molar-refractivity contribution in [3.05, 3.63) is 18.2 Å². The monoisotopic (exact) mass is 292 g/mol. The van der Waals surface area contributed by atoms with Gasteiger partial charge in [0.15, 0.2) is 0 Å². The van der Waals surface area contributed by atoms with E-state index < -0.39 is 0 Å². The fraction of sp³-hybridized carbons (Fsp3) is 0.824. The van der Waals surface area contributed by atoms with E-state index in [0.29, 0.717) is 18.0 Å². The van der Waals surface area contributed by atoms with Gasteiger partial charge in [-0.25, -0.2) is 4.98 Å². The van der Waals surface area contributed by atoms with Crippen LogP contribution < -0.4 is 5.32 Å². The number of aromatic nitrogens is 2. The third-order valence-electron chi connectivity index (χ3n) is 5.15. The minimum absolute atomic E-state index is 0.620. The third kappa shape index (κ3) is 4.07. The number of aryl methyl sites for hydroxylation is 1. The van der Waals surface area contributed by atoms with Crippen molar-refractivity contribution in [1.82, 2.24) is 19.8 Å². The van der Waals surface area contributed by atoms with Crippen LogP contribution in [0, 0.1) is 18.8 Å². The molecule has 0 bridgehead atoms. The normalized spacial score (nSPS) is 25.4. The number of hydrogen-bond donors (Lipinski definition) is 1. The Labute approximate surface area is 129 Å². The van der Waals surface area contributed by atoms with Gasteiger partial charge >= 0.3 is 0 Å². The predicted molar refractivity (Wildman–Crippen MR) is 88.4 cm³/mol. The largest absolute Gasteiger partial charge is 0.334 e. The molecule has 1 aliphatic rings. The summed E-state index contributed by atoms with van der Waals surface area (Å²) in [5, 5.41) is 3.76. The molecule has 1 aromatic heterocycles. The van der Waals surface area contributed by atoms with Gasteiger partial charge in [0.2, 0.25) is 0 Å². The SMILES string of the molecule is CCC(C)C1CNC(C(C)C)CN1CCn1ccnc1C. The average Bonchev–Trinajstić information content (AvgIpc) is 2.89. The summed E-state index contributed by atoms with van der Waals surface area (Å²) in [6.07, 6.45) is 5.24. The summed E-state index contributed by atoms with van der Waals surface area (Å²) < 4.78 is 2.26. The van der Waals surface area contributed by atoms with Crippen molar-refractivity contribution < 1.29 is 0 Å². The first-order valence-corrected chi connectivity index (χ1v) is 8.48. The summed E-state index contributed by atoms with van der Waals surface area (Å²) in [5.74, 6) is 2.56. The van der Waals surface area contributed by atoms with Gasteiger partial charge in [0.05, 0.1) is 0 Å². The first-order valence-electron chi connectivity index (χ1n) is 8.48. The summed E-state index contributed by atoms with van der Waals surface area (Å²) in [5.41, 5.74) is 0. The van der Waals surface area contributed by atoms with Crippen molar-refractivity contribution in [2.45, 2.75) is 59.7 Å². The Morgan fingerprint density at radius 1 is 1.33 bits per heavy atom. The molecule has 0 amide bonds. The predicted octanol–water partition coefficient (Wildman–Crippen LogP) is 2.54. The molecule has 21 heavy (non-hydrogen) atoms. The molecule has 0 aromatic carbocycles. The molecule has 4 nitrogen and oxygen atoms in total. The number of imidazole rings is 1. The van der Waals surface area contributed by atoms with Crippen LogP contribution in [-0.4, -0.2) is 46.2 Å². The molecule has 2 rings (SSSR count). The van der Waals surface area contributed by atoms with Crippen molar-refractivity contribution in [3.8, 4) is 0 Å². The van der Waals surface area contributed by atoms with E-state index in [0.717, 1.165) is 31.4 Å². The van der Waals surface area contributed by atoms with Crippen LogP contribution in [0.3, 0.4) is 0 Å². The van der Waals surface area contributed by atoms with Gasteiger partial charge in [-0.05, 0) is 18.8 Å². The Morgan fingerprint density at radius 3 is 2.67 bits per heavy atom. The second-order valence-electron chi connectivity index (χ2n) is 6.87. The highest BCUT2D eigenvalue weighted by Gasteiger charge is 2.31. The molecule has 0 spiro atoms. The smallest absolute Gasteiger partial charge is 0.105 e. The van der Waals surface area contributed by atoms with Gasteiger partial charge in [-0.15, -0.1) is 0 Å². The van der Waals surface area contributed by atoms with Gasteiger partial charge in [0.25, 0.3) is 0 Å². The Bertz CT molecular complexity index is 426. The highest BCUT2D eigenvalue weighted by molar-refractivity contribution is 4.92. The maximum absolute atomic E-state index is 4.33. The fourth-order valence-corrected chi connectivity index (χ4v) is 3.27. The molecular formula is C17H32N4. The van der Waals surface area contributed by atoms with Crippen LogP contribution in [-0.2, 0) is 6.54 Å². The summed E-state index contributed by atoms with van der Waals surface area (Å²) in [4.78, 5) is 7.03. The van der Waals surface area contributed by atoms with Gasteiger partial charge < -0.3 is 9.88 Å². The van der Waals surface area contributed by atoms with Crippen LogP contribution in [0.1, 0.15) is 39.9 Å². The topological polar surface area (TPSA) is 33.1 Å². The molecule has 3 unspecified atom stereocenters. The van der Waals surface area contributed by atoms with E-state index in [1.54, 1.807) is 0 Å². The molecule has 0 radical (unpaired) electrons. The Hall–Kier alpha value is -0.870. The maximum Gasteiger partial charge on any atom is 0.105 e. The summed E-state index contributed by atoms with van der Waals surface area (Å²) in [7, 11) is 0. The molecule has 120 valence electrons. The van der Waals surface area contributed by atoms with Gasteiger partial charge in [0.1, 0.15) is 5.82 Å². The van der Waals surface area contributed by atoms with Gasteiger partial charge in [-0.1, -0.05) is 34.1 Å². The second-order valence-corrected chi connectivity index (χ2v) is 6.87. The van der Waals surface area contributed by atoms with Gasteiger partial charge in [-0.3, -0.25) is 4.90 Å². The zero-order valence-electron chi connectivity index (χ0n) is 14.3. The average molecular weight is 292 g/mol. The first-order chi connectivity index (χ1) is 10.0. The molecule has 1 aromatic rings. The first kappa shape index (κ1) is 16.5. The standard InChI is InChI=1S/C17H32N4/c1-6-14(4)17-11-19-16(13(2)3)12-21(17)10-9-20-8-7-18-15(20)5/h7-8,13-14,16-17,19H,6,9-12H2,1-5H3. The lowest BCUT2D eigenvalue weighted by Crippen LogP contribution is -2.60. The van der Waals surface area contributed by atoms with Gasteiger partial charge in [0, 0.05) is 50.7 Å². The van der Waals surface area contributed by atoms with Crippen molar-refractivity contribution in [1.29, 1.82) is 0 Å². The fourth-order valence-electron chi connectivity index (χ4n) is 3.27. The molecule has 3 atom stereocenters. The highest BCUT2D eigenvalue weighted by atomic mass is 15.3. The zero-order valence-corrected chi connectivity index (χ0v) is 14.3. The van der Waals surface area contributed by atoms with E-state index in [4.69, 9.17) is 0 Å². The molecular weight excluding hydrogens is 260 g/mol. The lowest BCUT2D eigenvalue weighted by molar-refractivity contribution is 0.0756. The number of piperazine rings is 1. The van der Waals surface area contributed by atoms with Crippen LogP contribution in [0.4, 0.5) is 0 Å². The van der Waals surface area contributed by atoms with E-state index in [2.05, 4.69) is 60.6 Å². The van der Waals surface area contributed by atoms with E-state index in [9.17, 15) is 0 Å². The lowest BCUT2D eigenvalue weighted by atomic mass is 9.92. The van der Waals surface area contributed by atoms with E-state index in [1.807, 2.05) is 6.20 Å². The highest BCUT2D eigenvalue weighted by Crippen LogP contribution is 2.20. The quantitative estimate of drug-likeness (QED) is 0.874. The van der Waals surface area contributed by atoms with Crippen molar-refractivity contribution in [2.75, 3.05) is 19.6 Å². The van der Waals surface area contributed by atoms with Crippen LogP contribution >= 0.6 is 0 Å². The van der Waals surface area contributed by atoms with Gasteiger partial charge in [-0.2, -0.15) is 0 Å². The van der Waals surface area contributed by atoms with Crippen LogP contribution in [0.15, 0.2) is 12.4 Å². The minimum atomic E-state index is 0.620. The zero-order chi connectivity index (χ0) is 15.4. The molecule has 2 heterocycles. The summed E-state index contributed by atoms with van der Waals surface area (Å²) >= 11 is 0. The number of nitrogens with one attached hydrogen (secondary N) is 1. The molecule has 0 saturated carbocycles. The second kappa shape index (κ2) is 7.41. The molecule has 1 fully saturated rings. The Balaban J connectivity index is 2.00. The molecule has 0 aliphatic carbocycles. The molecule has 1 aliphatic heterocycles. The van der Waals surface area contributed by atoms with Crippen LogP contribution in [0.5, 0.6) is 0 Å². The Morgan fingerprint density at radius 2 is 2.10 bits per heavy atom. The van der Waals surface area contributed by atoms with Crippen molar-refractivity contribution >= 4 is 0 Å². The van der Waals surface area contributed by atoms with E-state index in [1.165, 1.54) is 13.0 Å². The lowest BCUT2D eigenvalue weighted by Gasteiger charge is -2.44. The Kier molecular flexibility index (Phi) is 5.82. The van der Waals surface area contributed by atoms with Crippen molar-refractivity contribution in [2.24, 2.45) is 11.8 Å². The van der Waals surface area contributed by atoms with Crippen LogP contribution in [0.25, 0.3) is 0 Å². The number of nitrogens with zero attached hydrogens (tertiary/aromatic N) is 3. The number of hydrogen-bond acceptors (Lipinski definition) is 3. The van der Waals surface area contributed by atoms with E-state index in [-0.39, 0.29) is 0 Å². The third-order valence-corrected chi connectivity index (χ3v) is 5.15. The minimum Gasteiger partial charge on any atom is -0.334 e. The maximum atomic E-state index is 4.33. The summed E-state index contributed by atoms with van der Waals surface area (Å²) in [6.45, 7) is 15.9. The molecule has 1 N–H and O–H groups in total. The van der Waals surface area contributed by atoms with Crippen molar-refractivity contribution in [3.63, 3.8) is 0 Å². The summed E-state index contributed by atoms with van der Waals surface area (Å²) in [6, 6.07) is 1.28. The van der Waals surface area contributed by atoms with E-state index >= 15 is 0 Å². The van der Waals surface area contributed by atoms with Crippen LogP contribution in [0.2, 0.25) is 0 Å². The number of rotatable bonds is 6.